The monoisotopic (exact) mass is 396 g/mol. The van der Waals surface area contributed by atoms with Gasteiger partial charge >= 0.3 is 0 Å². The van der Waals surface area contributed by atoms with Gasteiger partial charge in [-0.2, -0.15) is 0 Å². The van der Waals surface area contributed by atoms with Crippen LogP contribution in [0.3, 0.4) is 0 Å². The van der Waals surface area contributed by atoms with Gasteiger partial charge < -0.3 is 9.57 Å². The summed E-state index contributed by atoms with van der Waals surface area (Å²) in [6.45, 7) is 8.79. The molecule has 5 nitrogen and oxygen atoms in total. The van der Waals surface area contributed by atoms with E-state index in [4.69, 9.17) is 21.2 Å². The fraction of sp³-hybridized carbons (Fsp3) is 0.619. The van der Waals surface area contributed by atoms with Crippen LogP contribution in [-0.4, -0.2) is 31.3 Å². The molecule has 1 aromatic carbocycles. The molecule has 0 spiro atoms. The molecule has 0 aliphatic carbocycles. The van der Waals surface area contributed by atoms with E-state index < -0.39 is 0 Å². The second-order valence-electron chi connectivity index (χ2n) is 6.24. The van der Waals surface area contributed by atoms with Crippen LogP contribution in [0.2, 0.25) is 0 Å². The summed E-state index contributed by atoms with van der Waals surface area (Å²) in [6, 6.07) is 4.03. The zero-order valence-corrected chi connectivity index (χ0v) is 17.8. The van der Waals surface area contributed by atoms with Crippen molar-refractivity contribution in [1.82, 2.24) is 0 Å². The van der Waals surface area contributed by atoms with E-state index >= 15 is 0 Å². The highest BCUT2D eigenvalue weighted by molar-refractivity contribution is 6.29. The maximum Gasteiger partial charge on any atom is 0.244 e. The van der Waals surface area contributed by atoms with Gasteiger partial charge in [-0.3, -0.25) is 9.69 Å². The number of oxime groups is 1. The standard InChI is InChI=1S/C21H33ClN2O3/c1-5-9-10-11-14-26-19-13-12-17(6-2)21(18(19)7-3)24(20(25)15-22)16-27-23-8-4/h8,12-13H,5-7,9-11,14-16H2,1-4H3/b23-8+. The van der Waals surface area contributed by atoms with Crippen molar-refractivity contribution in [3.05, 3.63) is 23.3 Å². The number of carbonyl (C=O) groups excluding carboxylic acids is 1. The lowest BCUT2D eigenvalue weighted by atomic mass is 10.0. The Bertz CT molecular complexity index is 605. The Morgan fingerprint density at radius 1 is 1.19 bits per heavy atom. The van der Waals surface area contributed by atoms with Crippen molar-refractivity contribution >= 4 is 29.4 Å². The number of alkyl halides is 1. The van der Waals surface area contributed by atoms with Crippen LogP contribution in [0.5, 0.6) is 5.75 Å². The molecule has 0 N–H and O–H groups in total. The van der Waals surface area contributed by atoms with Gasteiger partial charge in [-0.1, -0.05) is 51.3 Å². The Morgan fingerprint density at radius 3 is 2.56 bits per heavy atom. The van der Waals surface area contributed by atoms with Crippen LogP contribution in [0.4, 0.5) is 5.69 Å². The number of carbonyl (C=O) groups is 1. The molecular weight excluding hydrogens is 364 g/mol. The molecule has 0 unspecified atom stereocenters. The number of nitrogens with zero attached hydrogens (tertiary/aromatic N) is 2. The second-order valence-corrected chi connectivity index (χ2v) is 6.51. The van der Waals surface area contributed by atoms with Gasteiger partial charge in [0.25, 0.3) is 0 Å². The fourth-order valence-electron chi connectivity index (χ4n) is 2.97. The predicted octanol–water partition coefficient (Wildman–Crippen LogP) is 5.32. The first-order valence-corrected chi connectivity index (χ1v) is 10.4. The van der Waals surface area contributed by atoms with Gasteiger partial charge in [0.05, 0.1) is 12.3 Å². The van der Waals surface area contributed by atoms with Crippen LogP contribution in [0.1, 0.15) is 64.5 Å². The molecule has 0 aliphatic rings. The summed E-state index contributed by atoms with van der Waals surface area (Å²) in [4.78, 5) is 19.3. The first-order chi connectivity index (χ1) is 13.1. The van der Waals surface area contributed by atoms with Crippen molar-refractivity contribution in [2.45, 2.75) is 66.2 Å². The highest BCUT2D eigenvalue weighted by Gasteiger charge is 2.23. The maximum absolute atomic E-state index is 12.5. The molecule has 0 radical (unpaired) electrons. The van der Waals surface area contributed by atoms with Crippen molar-refractivity contribution in [2.24, 2.45) is 5.16 Å². The molecule has 1 rings (SSSR count). The quantitative estimate of drug-likeness (QED) is 0.149. The highest BCUT2D eigenvalue weighted by Crippen LogP contribution is 2.35. The third kappa shape index (κ3) is 7.06. The molecule has 1 aromatic rings. The molecule has 27 heavy (non-hydrogen) atoms. The lowest BCUT2D eigenvalue weighted by Crippen LogP contribution is -2.35. The summed E-state index contributed by atoms with van der Waals surface area (Å²) in [6.07, 6.45) is 7.69. The third-order valence-electron chi connectivity index (χ3n) is 4.37. The second kappa shape index (κ2) is 13.4. The van der Waals surface area contributed by atoms with Crippen LogP contribution in [0, 0.1) is 0 Å². The van der Waals surface area contributed by atoms with Crippen LogP contribution in [0.25, 0.3) is 0 Å². The van der Waals surface area contributed by atoms with Gasteiger partial charge in [0.15, 0.2) is 6.73 Å². The number of hydrogen-bond acceptors (Lipinski definition) is 4. The summed E-state index contributed by atoms with van der Waals surface area (Å²) in [5.74, 6) is 0.494. The van der Waals surface area contributed by atoms with E-state index in [-0.39, 0.29) is 18.5 Å². The maximum atomic E-state index is 12.5. The molecule has 0 heterocycles. The smallest absolute Gasteiger partial charge is 0.244 e. The normalized spacial score (nSPS) is 11.0. The average molecular weight is 397 g/mol. The van der Waals surface area contributed by atoms with Crippen LogP contribution < -0.4 is 9.64 Å². The molecule has 0 saturated heterocycles. The van der Waals surface area contributed by atoms with Crippen molar-refractivity contribution in [3.63, 3.8) is 0 Å². The molecule has 0 bridgehead atoms. The Morgan fingerprint density at radius 2 is 1.96 bits per heavy atom. The van der Waals surface area contributed by atoms with E-state index in [1.807, 2.05) is 12.1 Å². The molecular formula is C21H33ClN2O3. The average Bonchev–Trinajstić information content (AvgIpc) is 2.70. The number of halogens is 1. The zero-order chi connectivity index (χ0) is 20.1. The number of hydrogen-bond donors (Lipinski definition) is 0. The Kier molecular flexibility index (Phi) is 11.6. The molecule has 152 valence electrons. The lowest BCUT2D eigenvalue weighted by molar-refractivity contribution is -0.117. The Balaban J connectivity index is 3.18. The summed E-state index contributed by atoms with van der Waals surface area (Å²) in [7, 11) is 0. The van der Waals surface area contributed by atoms with Crippen molar-refractivity contribution in [2.75, 3.05) is 24.1 Å². The van der Waals surface area contributed by atoms with Crippen molar-refractivity contribution in [3.8, 4) is 5.75 Å². The zero-order valence-electron chi connectivity index (χ0n) is 17.1. The summed E-state index contributed by atoms with van der Waals surface area (Å²) < 4.78 is 6.06. The van der Waals surface area contributed by atoms with E-state index in [0.29, 0.717) is 6.61 Å². The number of benzene rings is 1. The molecule has 6 heteroatoms. The number of anilines is 1. The van der Waals surface area contributed by atoms with E-state index in [2.05, 4.69) is 25.9 Å². The van der Waals surface area contributed by atoms with Crippen LogP contribution in [0.15, 0.2) is 17.3 Å². The molecule has 0 fully saturated rings. The molecule has 0 aromatic heterocycles. The summed E-state index contributed by atoms with van der Waals surface area (Å²) in [5.41, 5.74) is 2.91. The highest BCUT2D eigenvalue weighted by atomic mass is 35.5. The minimum Gasteiger partial charge on any atom is -0.493 e. The molecule has 0 atom stereocenters. The first kappa shape index (κ1) is 23.3. The van der Waals surface area contributed by atoms with Gasteiger partial charge in [-0.15, -0.1) is 11.6 Å². The van der Waals surface area contributed by atoms with Gasteiger partial charge in [0.1, 0.15) is 11.6 Å². The summed E-state index contributed by atoms with van der Waals surface area (Å²) in [5, 5.41) is 3.77. The van der Waals surface area contributed by atoms with Gasteiger partial charge in [0, 0.05) is 11.8 Å². The third-order valence-corrected chi connectivity index (χ3v) is 4.59. The van der Waals surface area contributed by atoms with Gasteiger partial charge in [-0.25, -0.2) is 0 Å². The Hall–Kier alpha value is -1.75. The largest absolute Gasteiger partial charge is 0.493 e. The number of amides is 1. The first-order valence-electron chi connectivity index (χ1n) is 9.88. The van der Waals surface area contributed by atoms with Crippen LogP contribution in [-0.2, 0) is 22.5 Å². The molecule has 1 amide bonds. The number of rotatable bonds is 13. The number of unbranched alkanes of at least 4 members (excludes halogenated alkanes) is 3. The molecule has 0 aliphatic heterocycles. The number of ether oxygens (including phenoxy) is 1. The lowest BCUT2D eigenvalue weighted by Gasteiger charge is -2.27. The van der Waals surface area contributed by atoms with E-state index in [0.717, 1.165) is 48.2 Å². The SMILES string of the molecule is C/C=N/OCN(C(=O)CCl)c1c(CC)ccc(OCCCCCC)c1CC. The number of aryl methyl sites for hydroxylation is 1. The summed E-state index contributed by atoms with van der Waals surface area (Å²) >= 11 is 5.86. The topological polar surface area (TPSA) is 51.1 Å². The van der Waals surface area contributed by atoms with Crippen LogP contribution >= 0.6 is 11.6 Å². The van der Waals surface area contributed by atoms with E-state index in [1.165, 1.54) is 12.8 Å². The minimum absolute atomic E-state index is 0.0237. The molecule has 0 saturated carbocycles. The van der Waals surface area contributed by atoms with E-state index in [9.17, 15) is 4.79 Å². The van der Waals surface area contributed by atoms with E-state index in [1.54, 1.807) is 18.0 Å². The minimum atomic E-state index is -0.215. The van der Waals surface area contributed by atoms with Gasteiger partial charge in [0.2, 0.25) is 5.91 Å². The fourth-order valence-corrected chi connectivity index (χ4v) is 3.12. The Labute approximate surface area is 168 Å². The van der Waals surface area contributed by atoms with Crippen molar-refractivity contribution < 1.29 is 14.4 Å². The van der Waals surface area contributed by atoms with Gasteiger partial charge in [-0.05, 0) is 37.8 Å². The predicted molar refractivity (Wildman–Crippen MR) is 113 cm³/mol. The van der Waals surface area contributed by atoms with Crippen molar-refractivity contribution in [1.29, 1.82) is 0 Å².